The minimum absolute atomic E-state index is 0.0505. The van der Waals surface area contributed by atoms with Crippen molar-refractivity contribution in [3.8, 4) is 28.4 Å². The summed E-state index contributed by atoms with van der Waals surface area (Å²) in [6, 6.07) is 17.9. The van der Waals surface area contributed by atoms with Crippen molar-refractivity contribution in [2.24, 2.45) is 7.05 Å². The van der Waals surface area contributed by atoms with Gasteiger partial charge in [0, 0.05) is 56.1 Å². The second-order valence-electron chi connectivity index (χ2n) is 10.6. The number of aromatic nitrogens is 5. The fourth-order valence-corrected chi connectivity index (χ4v) is 5.15. The number of fused-ring (bicyclic) bond motifs is 1. The van der Waals surface area contributed by atoms with Crippen molar-refractivity contribution in [3.63, 3.8) is 0 Å². The SMILES string of the molecule is COCCn1c(Cc2cc(F)c(-c3cccc(OCc4ccc(-c5ccn(C)n5)cc4F)n3)cc2F)nc2ccc(C(=O)O)cc21. The molecule has 0 bridgehead atoms. The summed E-state index contributed by atoms with van der Waals surface area (Å²) in [5.74, 6) is -2.39. The van der Waals surface area contributed by atoms with Gasteiger partial charge in [-0.3, -0.25) is 4.68 Å². The molecular weight excluding hydrogens is 599 g/mol. The van der Waals surface area contributed by atoms with Crippen molar-refractivity contribution in [1.82, 2.24) is 24.3 Å². The van der Waals surface area contributed by atoms with E-state index in [0.29, 0.717) is 46.8 Å². The van der Waals surface area contributed by atoms with E-state index in [2.05, 4.69) is 15.1 Å². The number of hydrogen-bond donors (Lipinski definition) is 1. The van der Waals surface area contributed by atoms with Crippen LogP contribution in [-0.2, 0) is 31.4 Å². The van der Waals surface area contributed by atoms with Gasteiger partial charge in [0.05, 0.1) is 34.6 Å². The first-order valence-corrected chi connectivity index (χ1v) is 14.3. The second kappa shape index (κ2) is 12.9. The number of carboxylic acids is 1. The number of methoxy groups -OCH3 is 1. The Bertz CT molecular complexity index is 2070. The van der Waals surface area contributed by atoms with Crippen LogP contribution in [0.25, 0.3) is 33.5 Å². The summed E-state index contributed by atoms with van der Waals surface area (Å²) in [7, 11) is 3.31. The Kier molecular flexibility index (Phi) is 8.53. The highest BCUT2D eigenvalue weighted by molar-refractivity contribution is 5.92. The van der Waals surface area contributed by atoms with Crippen LogP contribution in [0, 0.1) is 17.5 Å². The number of halogens is 3. The summed E-state index contributed by atoms with van der Waals surface area (Å²) in [4.78, 5) is 20.4. The Morgan fingerprint density at radius 1 is 0.891 bits per heavy atom. The van der Waals surface area contributed by atoms with Gasteiger partial charge >= 0.3 is 5.97 Å². The number of ether oxygens (including phenoxy) is 2. The largest absolute Gasteiger partial charge is 0.478 e. The van der Waals surface area contributed by atoms with Crippen molar-refractivity contribution in [2.75, 3.05) is 13.7 Å². The summed E-state index contributed by atoms with van der Waals surface area (Å²) in [5, 5.41) is 13.7. The van der Waals surface area contributed by atoms with E-state index in [1.54, 1.807) is 58.9 Å². The van der Waals surface area contributed by atoms with Crippen LogP contribution in [0.3, 0.4) is 0 Å². The second-order valence-corrected chi connectivity index (χ2v) is 10.6. The fourth-order valence-electron chi connectivity index (χ4n) is 5.15. The summed E-state index contributed by atoms with van der Waals surface area (Å²) >= 11 is 0. The van der Waals surface area contributed by atoms with Crippen molar-refractivity contribution < 1.29 is 32.5 Å². The number of nitrogens with zero attached hydrogens (tertiary/aromatic N) is 5. The summed E-state index contributed by atoms with van der Waals surface area (Å²) < 4.78 is 60.0. The Morgan fingerprint density at radius 2 is 1.72 bits per heavy atom. The molecule has 9 nitrogen and oxygen atoms in total. The standard InChI is InChI=1S/C34H28F3N5O4/c1-41-11-10-28(40-41)20-6-7-22(25(35)14-20)19-46-33-5-3-4-29(39-33)24-18-26(36)23(15-27(24)37)17-32-38-30-9-8-21(34(43)44)16-31(30)42(32)12-13-45-2/h3-11,14-16,18H,12-13,17,19H2,1-2H3,(H,43,44). The van der Waals surface area contributed by atoms with Gasteiger partial charge in [-0.2, -0.15) is 5.10 Å². The number of aryl methyl sites for hydroxylation is 1. The number of imidazole rings is 1. The first-order chi connectivity index (χ1) is 22.2. The molecule has 0 atom stereocenters. The molecule has 3 aromatic carbocycles. The molecule has 3 heterocycles. The quantitative estimate of drug-likeness (QED) is 0.177. The van der Waals surface area contributed by atoms with Crippen LogP contribution in [0.2, 0.25) is 0 Å². The van der Waals surface area contributed by atoms with Gasteiger partial charge in [-0.25, -0.2) is 27.9 Å². The number of benzene rings is 3. The molecule has 234 valence electrons. The number of pyridine rings is 1. The Labute approximate surface area is 261 Å². The van der Waals surface area contributed by atoms with Gasteiger partial charge in [-0.05, 0) is 54.1 Å². The van der Waals surface area contributed by atoms with Gasteiger partial charge in [0.1, 0.15) is 29.9 Å². The van der Waals surface area contributed by atoms with Crippen molar-refractivity contribution >= 4 is 17.0 Å². The van der Waals surface area contributed by atoms with Crippen LogP contribution >= 0.6 is 0 Å². The Morgan fingerprint density at radius 3 is 2.46 bits per heavy atom. The fraction of sp³-hybridized carbons (Fsp3) is 0.176. The molecule has 12 heteroatoms. The maximum Gasteiger partial charge on any atom is 0.335 e. The van der Waals surface area contributed by atoms with Crippen LogP contribution in [0.15, 0.2) is 79.0 Å². The molecule has 0 amide bonds. The lowest BCUT2D eigenvalue weighted by molar-refractivity contribution is 0.0697. The predicted octanol–water partition coefficient (Wildman–Crippen LogP) is 6.43. The number of hydrogen-bond acceptors (Lipinski definition) is 6. The van der Waals surface area contributed by atoms with E-state index in [1.165, 1.54) is 31.4 Å². The molecule has 3 aromatic heterocycles. The van der Waals surface area contributed by atoms with Crippen LogP contribution in [0.1, 0.15) is 27.3 Å². The average molecular weight is 628 g/mol. The van der Waals surface area contributed by atoms with E-state index in [-0.39, 0.29) is 41.3 Å². The topological polar surface area (TPSA) is 104 Å². The summed E-state index contributed by atoms with van der Waals surface area (Å²) in [6.07, 6.45) is 1.72. The van der Waals surface area contributed by atoms with Gasteiger partial charge in [0.15, 0.2) is 0 Å². The highest BCUT2D eigenvalue weighted by Gasteiger charge is 2.19. The number of rotatable bonds is 11. The Balaban J connectivity index is 1.22. The Hall–Kier alpha value is -5.49. The van der Waals surface area contributed by atoms with Gasteiger partial charge in [0.2, 0.25) is 5.88 Å². The molecule has 0 saturated heterocycles. The highest BCUT2D eigenvalue weighted by atomic mass is 19.1. The van der Waals surface area contributed by atoms with E-state index >= 15 is 8.78 Å². The first kappa shape index (κ1) is 30.5. The van der Waals surface area contributed by atoms with Gasteiger partial charge in [0.25, 0.3) is 0 Å². The number of carboxylic acid groups (broad SMARTS) is 1. The lowest BCUT2D eigenvalue weighted by atomic mass is 10.0. The molecule has 0 fully saturated rings. The van der Waals surface area contributed by atoms with Crippen molar-refractivity contribution in [2.45, 2.75) is 19.6 Å². The third kappa shape index (κ3) is 6.33. The third-order valence-corrected chi connectivity index (χ3v) is 7.52. The zero-order valence-electron chi connectivity index (χ0n) is 24.9. The predicted molar refractivity (Wildman–Crippen MR) is 164 cm³/mol. The molecule has 0 aliphatic carbocycles. The zero-order valence-corrected chi connectivity index (χ0v) is 24.9. The molecule has 1 N–H and O–H groups in total. The molecule has 6 rings (SSSR count). The van der Waals surface area contributed by atoms with Crippen molar-refractivity contribution in [1.29, 1.82) is 0 Å². The molecule has 0 radical (unpaired) electrons. The maximum atomic E-state index is 15.5. The van der Waals surface area contributed by atoms with E-state index in [1.807, 2.05) is 0 Å². The molecule has 46 heavy (non-hydrogen) atoms. The lowest BCUT2D eigenvalue weighted by Crippen LogP contribution is -2.10. The van der Waals surface area contributed by atoms with Crippen LogP contribution in [0.4, 0.5) is 13.2 Å². The molecule has 0 aliphatic heterocycles. The minimum Gasteiger partial charge on any atom is -0.478 e. The van der Waals surface area contributed by atoms with E-state index in [4.69, 9.17) is 9.47 Å². The normalized spacial score (nSPS) is 11.3. The van der Waals surface area contributed by atoms with Crippen molar-refractivity contribution in [3.05, 3.63) is 119 Å². The first-order valence-electron chi connectivity index (χ1n) is 14.3. The molecular formula is C34H28F3N5O4. The number of aromatic carboxylic acids is 1. The van der Waals surface area contributed by atoms with E-state index < -0.39 is 23.4 Å². The van der Waals surface area contributed by atoms with Gasteiger partial charge in [-0.1, -0.05) is 18.2 Å². The maximum absolute atomic E-state index is 15.5. The molecule has 6 aromatic rings. The lowest BCUT2D eigenvalue weighted by Gasteiger charge is -2.12. The monoisotopic (exact) mass is 627 g/mol. The third-order valence-electron chi connectivity index (χ3n) is 7.52. The van der Waals surface area contributed by atoms with Crippen LogP contribution < -0.4 is 4.74 Å². The van der Waals surface area contributed by atoms with E-state index in [0.717, 1.165) is 12.1 Å². The average Bonchev–Trinajstić information content (AvgIpc) is 3.63. The minimum atomic E-state index is -1.09. The van der Waals surface area contributed by atoms with Crippen LogP contribution in [-0.4, -0.2) is 49.1 Å². The summed E-state index contributed by atoms with van der Waals surface area (Å²) in [6.45, 7) is 0.514. The number of carbonyl (C=O) groups is 1. The molecule has 0 saturated carbocycles. The van der Waals surface area contributed by atoms with E-state index in [9.17, 15) is 14.3 Å². The zero-order chi connectivity index (χ0) is 32.4. The van der Waals surface area contributed by atoms with Crippen LogP contribution in [0.5, 0.6) is 5.88 Å². The molecule has 0 spiro atoms. The highest BCUT2D eigenvalue weighted by Crippen LogP contribution is 2.29. The smallest absolute Gasteiger partial charge is 0.335 e. The molecule has 0 aliphatic rings. The van der Waals surface area contributed by atoms with Gasteiger partial charge in [-0.15, -0.1) is 0 Å². The molecule has 0 unspecified atom stereocenters. The van der Waals surface area contributed by atoms with Gasteiger partial charge < -0.3 is 19.1 Å². The summed E-state index contributed by atoms with van der Waals surface area (Å²) in [5.41, 5.74) is 2.85.